The third-order valence-corrected chi connectivity index (χ3v) is 5.82. The van der Waals surface area contributed by atoms with Crippen LogP contribution < -0.4 is 10.6 Å². The molecule has 0 fully saturated rings. The first-order chi connectivity index (χ1) is 11.0. The van der Waals surface area contributed by atoms with Crippen LogP contribution in [-0.4, -0.2) is 64.1 Å². The second-order valence-electron chi connectivity index (χ2n) is 6.90. The number of hydrogen-bond acceptors (Lipinski definition) is 7. The van der Waals surface area contributed by atoms with Gasteiger partial charge in [0.05, 0.1) is 19.3 Å². The minimum atomic E-state index is -0.621. The monoisotopic (exact) mass is 382 g/mol. The molecule has 0 aliphatic heterocycles. The Morgan fingerprint density at radius 2 is 1.71 bits per heavy atom. The van der Waals surface area contributed by atoms with Gasteiger partial charge in [-0.25, -0.2) is 4.79 Å². The SMILES string of the molecule is CC(C)(C)OC(=O)NCCSSC(C)(C)CC(=O)NC(CO)CO. The van der Waals surface area contributed by atoms with Gasteiger partial charge >= 0.3 is 6.09 Å². The van der Waals surface area contributed by atoms with E-state index in [4.69, 9.17) is 14.9 Å². The summed E-state index contributed by atoms with van der Waals surface area (Å²) < 4.78 is 4.83. The lowest BCUT2D eigenvalue weighted by Gasteiger charge is -2.24. The number of amides is 2. The summed E-state index contributed by atoms with van der Waals surface area (Å²) in [5.41, 5.74) is -0.512. The van der Waals surface area contributed by atoms with Gasteiger partial charge in [0.2, 0.25) is 5.91 Å². The van der Waals surface area contributed by atoms with Crippen LogP contribution in [0.1, 0.15) is 41.0 Å². The Labute approximate surface area is 152 Å². The van der Waals surface area contributed by atoms with Gasteiger partial charge in [0.25, 0.3) is 0 Å². The van der Waals surface area contributed by atoms with E-state index in [0.717, 1.165) is 0 Å². The molecular weight excluding hydrogens is 352 g/mol. The van der Waals surface area contributed by atoms with E-state index in [2.05, 4.69) is 10.6 Å². The lowest BCUT2D eigenvalue weighted by atomic mass is 10.1. The highest BCUT2D eigenvalue weighted by Gasteiger charge is 2.24. The third-order valence-electron chi connectivity index (χ3n) is 2.53. The summed E-state index contributed by atoms with van der Waals surface area (Å²) in [4.78, 5) is 23.3. The van der Waals surface area contributed by atoms with Crippen LogP contribution in [-0.2, 0) is 9.53 Å². The maximum absolute atomic E-state index is 11.9. The fourth-order valence-corrected chi connectivity index (χ4v) is 3.97. The zero-order chi connectivity index (χ0) is 18.8. The van der Waals surface area contributed by atoms with E-state index in [-0.39, 0.29) is 30.3 Å². The second-order valence-corrected chi connectivity index (χ2v) is 10.0. The predicted molar refractivity (Wildman–Crippen MR) is 99.1 cm³/mol. The molecule has 0 unspecified atom stereocenters. The summed E-state index contributed by atoms with van der Waals surface area (Å²) in [5, 5.41) is 23.2. The van der Waals surface area contributed by atoms with Gasteiger partial charge in [0, 0.05) is 23.5 Å². The van der Waals surface area contributed by atoms with Crippen molar-refractivity contribution in [2.24, 2.45) is 0 Å². The summed E-state index contributed by atoms with van der Waals surface area (Å²) in [6.07, 6.45) is -0.175. The van der Waals surface area contributed by atoms with Gasteiger partial charge < -0.3 is 25.6 Å². The highest BCUT2D eigenvalue weighted by atomic mass is 33.1. The van der Waals surface area contributed by atoms with Gasteiger partial charge in [0.15, 0.2) is 0 Å². The van der Waals surface area contributed by atoms with Crippen LogP contribution in [0.5, 0.6) is 0 Å². The van der Waals surface area contributed by atoms with Crippen LogP contribution in [0.4, 0.5) is 4.79 Å². The summed E-state index contributed by atoms with van der Waals surface area (Å²) in [6.45, 7) is 9.21. The van der Waals surface area contributed by atoms with E-state index in [1.165, 1.54) is 0 Å². The van der Waals surface area contributed by atoms with Gasteiger partial charge in [-0.15, -0.1) is 0 Å². The fraction of sp³-hybridized carbons (Fsp3) is 0.867. The molecule has 0 aromatic heterocycles. The minimum absolute atomic E-state index is 0.215. The number of aliphatic hydroxyl groups is 2. The van der Waals surface area contributed by atoms with Gasteiger partial charge in [-0.1, -0.05) is 21.6 Å². The van der Waals surface area contributed by atoms with Gasteiger partial charge in [0.1, 0.15) is 5.60 Å². The van der Waals surface area contributed by atoms with E-state index >= 15 is 0 Å². The number of alkyl carbamates (subject to hydrolysis) is 1. The Morgan fingerprint density at radius 1 is 1.12 bits per heavy atom. The molecule has 2 amide bonds. The second kappa shape index (κ2) is 11.1. The number of aliphatic hydroxyl groups excluding tert-OH is 2. The van der Waals surface area contributed by atoms with Crippen LogP contribution in [0.2, 0.25) is 0 Å². The van der Waals surface area contributed by atoms with Crippen LogP contribution in [0.25, 0.3) is 0 Å². The molecule has 4 N–H and O–H groups in total. The highest BCUT2D eigenvalue weighted by Crippen LogP contribution is 2.37. The summed E-state index contributed by atoms with van der Waals surface area (Å²) in [5.74, 6) is 0.471. The van der Waals surface area contributed by atoms with Crippen molar-refractivity contribution in [3.8, 4) is 0 Å². The standard InChI is InChI=1S/C15H30N2O5S2/c1-14(2,3)22-13(21)16-6-7-23-24-15(4,5)8-12(20)17-11(9-18)10-19/h11,18-19H,6-10H2,1-5H3,(H,16,21)(H,17,20). The smallest absolute Gasteiger partial charge is 0.407 e. The van der Waals surface area contributed by atoms with Crippen molar-refractivity contribution in [1.82, 2.24) is 10.6 Å². The molecule has 142 valence electrons. The normalized spacial score (nSPS) is 12.2. The molecule has 0 atom stereocenters. The van der Waals surface area contributed by atoms with E-state index in [1.54, 1.807) is 21.6 Å². The van der Waals surface area contributed by atoms with E-state index in [1.807, 2.05) is 34.6 Å². The molecule has 0 heterocycles. The molecule has 0 saturated carbocycles. The topological polar surface area (TPSA) is 108 Å². The summed E-state index contributed by atoms with van der Waals surface area (Å²) in [6, 6.07) is -0.621. The average Bonchev–Trinajstić information content (AvgIpc) is 2.41. The van der Waals surface area contributed by atoms with Gasteiger partial charge in [-0.05, 0) is 34.6 Å². The molecule has 0 aliphatic rings. The average molecular weight is 383 g/mol. The largest absolute Gasteiger partial charge is 0.444 e. The van der Waals surface area contributed by atoms with E-state index < -0.39 is 17.7 Å². The zero-order valence-electron chi connectivity index (χ0n) is 15.0. The number of nitrogens with one attached hydrogen (secondary N) is 2. The van der Waals surface area contributed by atoms with Crippen molar-refractivity contribution in [2.75, 3.05) is 25.5 Å². The highest BCUT2D eigenvalue weighted by molar-refractivity contribution is 8.77. The molecule has 0 radical (unpaired) electrons. The van der Waals surface area contributed by atoms with Gasteiger partial charge in [-0.2, -0.15) is 0 Å². The molecule has 0 aromatic carbocycles. The maximum atomic E-state index is 11.9. The molecule has 0 aromatic rings. The molecule has 0 bridgehead atoms. The first-order valence-corrected chi connectivity index (χ1v) is 10.1. The van der Waals surface area contributed by atoms with Crippen LogP contribution in [0.3, 0.4) is 0 Å². The number of carbonyl (C=O) groups excluding carboxylic acids is 2. The van der Waals surface area contributed by atoms with Crippen LogP contribution in [0, 0.1) is 0 Å². The van der Waals surface area contributed by atoms with Crippen molar-refractivity contribution in [3.05, 3.63) is 0 Å². The van der Waals surface area contributed by atoms with Crippen molar-refractivity contribution in [3.63, 3.8) is 0 Å². The van der Waals surface area contributed by atoms with Crippen molar-refractivity contribution in [1.29, 1.82) is 0 Å². The third kappa shape index (κ3) is 12.7. The predicted octanol–water partition coefficient (Wildman–Crippen LogP) is 1.53. The number of rotatable bonds is 10. The molecule has 0 rings (SSSR count). The van der Waals surface area contributed by atoms with Crippen LogP contribution >= 0.6 is 21.6 Å². The zero-order valence-corrected chi connectivity index (χ0v) is 16.7. The van der Waals surface area contributed by atoms with E-state index in [0.29, 0.717) is 12.3 Å². The summed E-state index contributed by atoms with van der Waals surface area (Å²) in [7, 11) is 3.11. The number of ether oxygens (including phenoxy) is 1. The van der Waals surface area contributed by atoms with Crippen molar-refractivity contribution in [2.45, 2.75) is 57.4 Å². The lowest BCUT2D eigenvalue weighted by Crippen LogP contribution is -2.42. The first kappa shape index (κ1) is 23.4. The Kier molecular flexibility index (Phi) is 10.8. The van der Waals surface area contributed by atoms with E-state index in [9.17, 15) is 9.59 Å². The number of carbonyl (C=O) groups is 2. The molecule has 0 aliphatic carbocycles. The Bertz CT molecular complexity index is 396. The van der Waals surface area contributed by atoms with Gasteiger partial charge in [-0.3, -0.25) is 4.79 Å². The Hall–Kier alpha value is -0.640. The van der Waals surface area contributed by atoms with Crippen molar-refractivity contribution < 1.29 is 24.5 Å². The molecule has 9 heteroatoms. The Morgan fingerprint density at radius 3 is 2.21 bits per heavy atom. The molecule has 7 nitrogen and oxygen atoms in total. The molecule has 0 spiro atoms. The lowest BCUT2D eigenvalue weighted by molar-refractivity contribution is -0.122. The molecule has 0 saturated heterocycles. The minimum Gasteiger partial charge on any atom is -0.444 e. The maximum Gasteiger partial charge on any atom is 0.407 e. The molecular formula is C15H30N2O5S2. The number of hydrogen-bond donors (Lipinski definition) is 4. The molecule has 24 heavy (non-hydrogen) atoms. The Balaban J connectivity index is 3.96. The van der Waals surface area contributed by atoms with Crippen molar-refractivity contribution >= 4 is 33.6 Å². The fourth-order valence-electron chi connectivity index (χ4n) is 1.55. The summed E-state index contributed by atoms with van der Waals surface area (Å²) >= 11 is 0. The first-order valence-electron chi connectivity index (χ1n) is 7.77. The quantitative estimate of drug-likeness (QED) is 0.335. The van der Waals surface area contributed by atoms with Crippen LogP contribution in [0.15, 0.2) is 0 Å².